The van der Waals surface area contributed by atoms with Crippen molar-refractivity contribution >= 4 is 34.9 Å². The van der Waals surface area contributed by atoms with Crippen LogP contribution in [-0.2, 0) is 10.3 Å². The molecule has 6 rings (SSSR count). The fourth-order valence-electron chi connectivity index (χ4n) is 5.27. The Hall–Kier alpha value is -3.74. The summed E-state index contributed by atoms with van der Waals surface area (Å²) in [5.74, 6) is -2.26. The number of aliphatic hydroxyl groups is 1. The summed E-state index contributed by atoms with van der Waals surface area (Å²) in [4.78, 5) is 27.2. The molecule has 40 heavy (non-hydrogen) atoms. The maximum Gasteiger partial charge on any atom is 0.423 e. The first-order valence-corrected chi connectivity index (χ1v) is 12.4. The zero-order valence-electron chi connectivity index (χ0n) is 20.3. The molecule has 0 saturated carbocycles. The fourth-order valence-corrected chi connectivity index (χ4v) is 5.50. The van der Waals surface area contributed by atoms with Crippen LogP contribution in [0.15, 0.2) is 48.5 Å². The second kappa shape index (κ2) is 9.15. The van der Waals surface area contributed by atoms with Gasteiger partial charge in [-0.3, -0.25) is 9.69 Å². The Labute approximate surface area is 228 Å². The van der Waals surface area contributed by atoms with Crippen LogP contribution in [0, 0.1) is 11.6 Å². The van der Waals surface area contributed by atoms with Crippen molar-refractivity contribution in [2.75, 3.05) is 30.0 Å². The number of hydrogen-bond acceptors (Lipinski definition) is 4. The largest absolute Gasteiger partial charge is 0.423 e. The number of alkyl halides is 3. The number of fused-ring (bicyclic) bond motifs is 2. The van der Waals surface area contributed by atoms with Crippen molar-refractivity contribution in [1.29, 1.82) is 0 Å². The van der Waals surface area contributed by atoms with Gasteiger partial charge in [0.25, 0.3) is 5.91 Å². The van der Waals surface area contributed by atoms with E-state index in [2.05, 4.69) is 10.6 Å². The number of halogens is 6. The van der Waals surface area contributed by atoms with Crippen LogP contribution in [0.25, 0.3) is 0 Å². The van der Waals surface area contributed by atoms with E-state index in [1.54, 1.807) is 12.1 Å². The van der Waals surface area contributed by atoms with Gasteiger partial charge in [0.1, 0.15) is 11.6 Å². The smallest absolute Gasteiger partial charge is 0.380 e. The highest BCUT2D eigenvalue weighted by Gasteiger charge is 2.61. The minimum Gasteiger partial charge on any atom is -0.380 e. The number of urea groups is 1. The number of amides is 3. The highest BCUT2D eigenvalue weighted by atomic mass is 35.5. The number of nitrogens with one attached hydrogen (secondary N) is 2. The molecule has 7 nitrogen and oxygen atoms in total. The molecular weight excluding hydrogens is 561 g/mol. The standard InChI is InChI=1S/C27H19ClF5N3O4/c28-19-3-1-14(29)7-16(19)23-22-17(24(37)35-23)5-12(13-9-40-10-13)6-20(22)34-25(38)36-11-26(39,27(31,32)33)18-8-15(30)2-4-21(18)36/h1-8,13,23,39H,9-11H2,(H,34,38)(H,35,37)/t23-,26-/m1/s1. The zero-order valence-corrected chi connectivity index (χ0v) is 21.0. The lowest BCUT2D eigenvalue weighted by Crippen LogP contribution is -2.48. The lowest BCUT2D eigenvalue weighted by Gasteiger charge is -2.29. The molecule has 3 amide bonds. The summed E-state index contributed by atoms with van der Waals surface area (Å²) in [6.45, 7) is -0.511. The van der Waals surface area contributed by atoms with Gasteiger partial charge in [-0.15, -0.1) is 0 Å². The monoisotopic (exact) mass is 579 g/mol. The maximum atomic E-state index is 14.1. The molecule has 0 aliphatic carbocycles. The Kier molecular flexibility index (Phi) is 6.06. The van der Waals surface area contributed by atoms with Crippen molar-refractivity contribution < 1.29 is 41.4 Å². The molecule has 3 aromatic rings. The lowest BCUT2D eigenvalue weighted by atomic mass is 9.90. The molecule has 2 atom stereocenters. The first-order chi connectivity index (χ1) is 18.9. The van der Waals surface area contributed by atoms with E-state index in [0.717, 1.165) is 24.3 Å². The van der Waals surface area contributed by atoms with Gasteiger partial charge in [-0.05, 0) is 54.1 Å². The third kappa shape index (κ3) is 4.09. The van der Waals surface area contributed by atoms with Gasteiger partial charge in [0, 0.05) is 38.9 Å². The Balaban J connectivity index is 1.44. The first kappa shape index (κ1) is 26.5. The number of hydrogen-bond donors (Lipinski definition) is 3. The number of β-amino-alcohol motifs (C(OH)–C–C–N with tert-alkyl or cyclic N) is 1. The van der Waals surface area contributed by atoms with Gasteiger partial charge in [-0.1, -0.05) is 11.6 Å². The number of nitrogens with zero attached hydrogens (tertiary/aromatic N) is 1. The quantitative estimate of drug-likeness (QED) is 0.364. The van der Waals surface area contributed by atoms with Gasteiger partial charge in [0.2, 0.25) is 5.60 Å². The number of rotatable bonds is 3. The lowest BCUT2D eigenvalue weighted by molar-refractivity contribution is -0.258. The van der Waals surface area contributed by atoms with Crippen LogP contribution in [0.1, 0.15) is 44.6 Å². The summed E-state index contributed by atoms with van der Waals surface area (Å²) in [7, 11) is 0. The normalized spacial score (nSPS) is 22.0. The van der Waals surface area contributed by atoms with Crippen LogP contribution in [0.2, 0.25) is 5.02 Å². The minimum atomic E-state index is -5.22. The Morgan fingerprint density at radius 1 is 1.10 bits per heavy atom. The fraction of sp³-hybridized carbons (Fsp3) is 0.259. The second-order valence-corrected chi connectivity index (χ2v) is 10.3. The van der Waals surface area contributed by atoms with Crippen LogP contribution in [0.5, 0.6) is 0 Å². The predicted molar refractivity (Wildman–Crippen MR) is 133 cm³/mol. The average molecular weight is 580 g/mol. The summed E-state index contributed by atoms with van der Waals surface area (Å²) < 4.78 is 75.0. The van der Waals surface area contributed by atoms with Crippen LogP contribution in [0.4, 0.5) is 38.1 Å². The van der Waals surface area contributed by atoms with Crippen molar-refractivity contribution in [2.24, 2.45) is 0 Å². The topological polar surface area (TPSA) is 90.9 Å². The van der Waals surface area contributed by atoms with Gasteiger partial charge < -0.3 is 20.5 Å². The number of anilines is 2. The molecule has 3 heterocycles. The molecular formula is C27H19ClF5N3O4. The molecule has 0 aromatic heterocycles. The molecule has 3 aromatic carbocycles. The first-order valence-electron chi connectivity index (χ1n) is 12.1. The molecule has 13 heteroatoms. The van der Waals surface area contributed by atoms with E-state index in [1.807, 2.05) is 0 Å². The van der Waals surface area contributed by atoms with E-state index < -0.39 is 53.5 Å². The minimum absolute atomic E-state index is 0.0687. The molecule has 0 bridgehead atoms. The van der Waals surface area contributed by atoms with Gasteiger partial charge in [0.15, 0.2) is 0 Å². The second-order valence-electron chi connectivity index (χ2n) is 9.87. The van der Waals surface area contributed by atoms with Crippen molar-refractivity contribution in [3.63, 3.8) is 0 Å². The molecule has 3 N–H and O–H groups in total. The third-order valence-corrected chi connectivity index (χ3v) is 7.77. The predicted octanol–water partition coefficient (Wildman–Crippen LogP) is 5.37. The van der Waals surface area contributed by atoms with Gasteiger partial charge >= 0.3 is 12.2 Å². The summed E-state index contributed by atoms with van der Waals surface area (Å²) in [5, 5.41) is 16.0. The van der Waals surface area contributed by atoms with E-state index in [0.29, 0.717) is 29.7 Å². The molecule has 0 radical (unpaired) electrons. The molecule has 3 aliphatic heterocycles. The maximum absolute atomic E-state index is 14.1. The molecule has 0 unspecified atom stereocenters. The Morgan fingerprint density at radius 3 is 2.48 bits per heavy atom. The van der Waals surface area contributed by atoms with Gasteiger partial charge in [0.05, 0.1) is 31.5 Å². The molecule has 3 aliphatic rings. The van der Waals surface area contributed by atoms with E-state index >= 15 is 0 Å². The SMILES string of the molecule is O=C1N[C@H](c2cc(F)ccc2Cl)c2c(NC(=O)N3C[C@](O)(C(F)(F)F)c4cc(F)ccc43)cc(C3COC3)cc21. The molecule has 1 fully saturated rings. The Morgan fingerprint density at radius 2 is 1.80 bits per heavy atom. The number of benzene rings is 3. The molecule has 208 valence electrons. The van der Waals surface area contributed by atoms with E-state index in [9.17, 15) is 36.6 Å². The zero-order chi connectivity index (χ0) is 28.6. The van der Waals surface area contributed by atoms with Gasteiger partial charge in [-0.25, -0.2) is 13.6 Å². The van der Waals surface area contributed by atoms with E-state index in [-0.39, 0.29) is 39.0 Å². The molecule has 0 spiro atoms. The number of carbonyl (C=O) groups excluding carboxylic acids is 2. The van der Waals surface area contributed by atoms with Crippen molar-refractivity contribution in [3.05, 3.63) is 93.0 Å². The highest BCUT2D eigenvalue weighted by Crippen LogP contribution is 2.49. The molecule has 1 saturated heterocycles. The summed E-state index contributed by atoms with van der Waals surface area (Å²) in [6, 6.07) is 7.11. The number of ether oxygens (including phenoxy) is 1. The van der Waals surface area contributed by atoms with Crippen molar-refractivity contribution in [2.45, 2.75) is 23.7 Å². The van der Waals surface area contributed by atoms with Crippen LogP contribution < -0.4 is 15.5 Å². The van der Waals surface area contributed by atoms with E-state index in [4.69, 9.17) is 16.3 Å². The van der Waals surface area contributed by atoms with Gasteiger partial charge in [-0.2, -0.15) is 13.2 Å². The van der Waals surface area contributed by atoms with Crippen LogP contribution in [0.3, 0.4) is 0 Å². The van der Waals surface area contributed by atoms with Crippen LogP contribution in [-0.4, -0.2) is 43.0 Å². The summed E-state index contributed by atoms with van der Waals surface area (Å²) in [6.07, 6.45) is -5.22. The third-order valence-electron chi connectivity index (χ3n) is 7.43. The summed E-state index contributed by atoms with van der Waals surface area (Å²) in [5.41, 5.74) is -3.34. The van der Waals surface area contributed by atoms with Crippen molar-refractivity contribution in [3.8, 4) is 0 Å². The Bertz CT molecular complexity index is 1580. The van der Waals surface area contributed by atoms with Crippen molar-refractivity contribution in [1.82, 2.24) is 5.32 Å². The van der Waals surface area contributed by atoms with E-state index in [1.165, 1.54) is 6.07 Å². The van der Waals surface area contributed by atoms with Crippen LogP contribution >= 0.6 is 11.6 Å². The summed E-state index contributed by atoms with van der Waals surface area (Å²) >= 11 is 6.31. The highest BCUT2D eigenvalue weighted by molar-refractivity contribution is 6.31. The number of carbonyl (C=O) groups is 2. The average Bonchev–Trinajstić information content (AvgIpc) is 3.34.